The van der Waals surface area contributed by atoms with Gasteiger partial charge in [0.1, 0.15) is 6.17 Å². The first-order chi connectivity index (χ1) is 6.15. The average molecular weight is 196 g/mol. The molecule has 4 nitrogen and oxygen atoms in total. The lowest BCUT2D eigenvalue weighted by Crippen LogP contribution is -2.40. The highest BCUT2D eigenvalue weighted by atomic mass is 32.1. The third-order valence-electron chi connectivity index (χ3n) is 2.14. The third-order valence-corrected chi connectivity index (χ3v) is 3.20. The van der Waals surface area contributed by atoms with E-state index in [4.69, 9.17) is 5.73 Å². The molecular weight excluding hydrogens is 188 g/mol. The molecule has 1 aliphatic heterocycles. The van der Waals surface area contributed by atoms with Gasteiger partial charge in [-0.2, -0.15) is 0 Å². The topological polar surface area (TPSA) is 63.4 Å². The molecule has 1 aliphatic rings. The van der Waals surface area contributed by atoms with Gasteiger partial charge >= 0.3 is 0 Å². The number of aldehydes is 1. The predicted molar refractivity (Wildman–Crippen MR) is 50.4 cm³/mol. The molecule has 1 unspecified atom stereocenters. The van der Waals surface area contributed by atoms with Crippen molar-refractivity contribution in [3.8, 4) is 0 Å². The summed E-state index contributed by atoms with van der Waals surface area (Å²) in [6.07, 6.45) is 0.164. The van der Waals surface area contributed by atoms with Gasteiger partial charge in [-0.1, -0.05) is 0 Å². The number of nitrogens with zero attached hydrogens (tertiary/aromatic N) is 1. The van der Waals surface area contributed by atoms with Crippen molar-refractivity contribution in [1.82, 2.24) is 0 Å². The molecule has 0 aromatic carbocycles. The van der Waals surface area contributed by atoms with E-state index in [1.54, 1.807) is 18.0 Å². The number of carbonyl (C=O) groups excluding carboxylic acids is 2. The van der Waals surface area contributed by atoms with E-state index in [1.165, 1.54) is 11.3 Å². The number of anilines is 1. The monoisotopic (exact) mass is 196 g/mol. The van der Waals surface area contributed by atoms with Crippen LogP contribution >= 0.6 is 11.3 Å². The van der Waals surface area contributed by atoms with Crippen molar-refractivity contribution < 1.29 is 9.59 Å². The zero-order valence-electron chi connectivity index (χ0n) is 6.98. The zero-order chi connectivity index (χ0) is 9.59. The van der Waals surface area contributed by atoms with E-state index in [1.807, 2.05) is 0 Å². The van der Waals surface area contributed by atoms with Crippen LogP contribution in [-0.4, -0.2) is 25.3 Å². The molecule has 0 spiro atoms. The van der Waals surface area contributed by atoms with Gasteiger partial charge in [0.05, 0.1) is 15.4 Å². The molecule has 0 saturated carbocycles. The lowest BCUT2D eigenvalue weighted by molar-refractivity contribution is 0.0977. The van der Waals surface area contributed by atoms with Crippen LogP contribution in [0.15, 0.2) is 6.07 Å². The van der Waals surface area contributed by atoms with Crippen LogP contribution in [0.25, 0.3) is 0 Å². The summed E-state index contributed by atoms with van der Waals surface area (Å²) in [5.41, 5.74) is 6.37. The van der Waals surface area contributed by atoms with Gasteiger partial charge in [-0.25, -0.2) is 0 Å². The highest BCUT2D eigenvalue weighted by Gasteiger charge is 2.34. The molecule has 0 fully saturated rings. The van der Waals surface area contributed by atoms with Crippen molar-refractivity contribution in [1.29, 1.82) is 0 Å². The summed E-state index contributed by atoms with van der Waals surface area (Å²) in [6, 6.07) is 1.69. The zero-order valence-corrected chi connectivity index (χ0v) is 7.80. The highest BCUT2D eigenvalue weighted by molar-refractivity contribution is 7.16. The largest absolute Gasteiger partial charge is 0.351 e. The molecule has 0 aliphatic carbocycles. The quantitative estimate of drug-likeness (QED) is 0.663. The molecule has 2 N–H and O–H groups in total. The fourth-order valence-electron chi connectivity index (χ4n) is 1.36. The molecule has 13 heavy (non-hydrogen) atoms. The molecule has 1 aromatic heterocycles. The number of Topliss-reactive ketones (excluding diaryl/α,β-unsaturated/α-hetero) is 1. The van der Waals surface area contributed by atoms with Gasteiger partial charge in [0.2, 0.25) is 5.78 Å². The maximum absolute atomic E-state index is 11.5. The van der Waals surface area contributed by atoms with Crippen molar-refractivity contribution in [2.75, 3.05) is 11.9 Å². The van der Waals surface area contributed by atoms with Gasteiger partial charge in [0, 0.05) is 7.05 Å². The standard InChI is InChI=1S/C8H8N2O2S/c1-10-5-2-4(3-11)13-7(5)6(12)8(10)9/h2-3,8H,9H2,1H3. The van der Waals surface area contributed by atoms with E-state index >= 15 is 0 Å². The summed E-state index contributed by atoms with van der Waals surface area (Å²) in [5, 5.41) is 0. The third kappa shape index (κ3) is 1.01. The Labute approximate surface area is 78.9 Å². The average Bonchev–Trinajstić information content (AvgIpc) is 2.64. The van der Waals surface area contributed by atoms with E-state index in [2.05, 4.69) is 0 Å². The van der Waals surface area contributed by atoms with Crippen molar-refractivity contribution in [3.05, 3.63) is 15.8 Å². The number of nitrogens with two attached hydrogens (primary N) is 1. The summed E-state index contributed by atoms with van der Waals surface area (Å²) < 4.78 is 0. The highest BCUT2D eigenvalue weighted by Crippen LogP contribution is 2.35. The van der Waals surface area contributed by atoms with Crippen molar-refractivity contribution in [2.45, 2.75) is 6.17 Å². The van der Waals surface area contributed by atoms with Crippen LogP contribution in [0, 0.1) is 0 Å². The van der Waals surface area contributed by atoms with E-state index < -0.39 is 6.17 Å². The minimum absolute atomic E-state index is 0.101. The Bertz CT molecular complexity index is 385. The first kappa shape index (κ1) is 8.40. The van der Waals surface area contributed by atoms with E-state index in [-0.39, 0.29) is 5.78 Å². The van der Waals surface area contributed by atoms with Crippen molar-refractivity contribution in [2.24, 2.45) is 5.73 Å². The number of likely N-dealkylation sites (N-methyl/N-ethyl adjacent to an activating group) is 1. The Balaban J connectivity index is 2.54. The SMILES string of the molecule is CN1c2cc(C=O)sc2C(=O)C1N. The van der Waals surface area contributed by atoms with Crippen LogP contribution in [0.4, 0.5) is 5.69 Å². The van der Waals surface area contributed by atoms with Gasteiger partial charge in [-0.3, -0.25) is 9.59 Å². The van der Waals surface area contributed by atoms with Crippen molar-refractivity contribution >= 4 is 29.1 Å². The van der Waals surface area contributed by atoms with Crippen LogP contribution in [0.1, 0.15) is 19.3 Å². The Morgan fingerprint density at radius 3 is 2.92 bits per heavy atom. The summed E-state index contributed by atoms with van der Waals surface area (Å²) >= 11 is 1.20. The first-order valence-electron chi connectivity index (χ1n) is 3.77. The second-order valence-corrected chi connectivity index (χ2v) is 3.98. The van der Waals surface area contributed by atoms with Crippen LogP contribution in [0.5, 0.6) is 0 Å². The van der Waals surface area contributed by atoms with Gasteiger partial charge < -0.3 is 10.6 Å². The van der Waals surface area contributed by atoms with Crippen LogP contribution < -0.4 is 10.6 Å². The summed E-state index contributed by atoms with van der Waals surface area (Å²) in [7, 11) is 1.75. The van der Waals surface area contributed by atoms with E-state index in [0.717, 1.165) is 12.0 Å². The van der Waals surface area contributed by atoms with E-state index in [0.29, 0.717) is 9.75 Å². The molecule has 1 aromatic rings. The van der Waals surface area contributed by atoms with Crippen LogP contribution in [0.2, 0.25) is 0 Å². The number of rotatable bonds is 1. The molecule has 0 saturated heterocycles. The molecule has 68 valence electrons. The fraction of sp³-hybridized carbons (Fsp3) is 0.250. The van der Waals surface area contributed by atoms with Gasteiger partial charge in [-0.15, -0.1) is 11.3 Å². The maximum atomic E-state index is 11.5. The normalized spacial score (nSPS) is 20.6. The van der Waals surface area contributed by atoms with Gasteiger partial charge in [0.15, 0.2) is 6.29 Å². The van der Waals surface area contributed by atoms with Crippen molar-refractivity contribution in [3.63, 3.8) is 0 Å². The first-order valence-corrected chi connectivity index (χ1v) is 4.58. The summed E-state index contributed by atoms with van der Waals surface area (Å²) in [6.45, 7) is 0. The number of carbonyl (C=O) groups is 2. The minimum atomic E-state index is -0.582. The van der Waals surface area contributed by atoms with Gasteiger partial charge in [-0.05, 0) is 6.07 Å². The lowest BCUT2D eigenvalue weighted by Gasteiger charge is -2.15. The minimum Gasteiger partial charge on any atom is -0.351 e. The number of hydrogen-bond acceptors (Lipinski definition) is 5. The molecular formula is C8H8N2O2S. The van der Waals surface area contributed by atoms with E-state index in [9.17, 15) is 9.59 Å². The number of ketones is 1. The second kappa shape index (κ2) is 2.65. The smallest absolute Gasteiger partial charge is 0.211 e. The molecule has 0 amide bonds. The molecule has 2 rings (SSSR count). The number of hydrogen-bond donors (Lipinski definition) is 1. The number of thiophene rings is 1. The Kier molecular flexibility index (Phi) is 1.71. The molecule has 5 heteroatoms. The molecule has 2 heterocycles. The molecule has 0 bridgehead atoms. The predicted octanol–water partition coefficient (Wildman–Crippen LogP) is 0.478. The Morgan fingerprint density at radius 1 is 1.69 bits per heavy atom. The number of fused-ring (bicyclic) bond motifs is 1. The summed E-state index contributed by atoms with van der Waals surface area (Å²) in [4.78, 5) is 24.8. The fourth-order valence-corrected chi connectivity index (χ4v) is 2.34. The molecule has 0 radical (unpaired) electrons. The summed E-state index contributed by atoms with van der Waals surface area (Å²) in [5.74, 6) is -0.101. The molecule has 1 atom stereocenters. The lowest BCUT2D eigenvalue weighted by atomic mass is 10.3. The Morgan fingerprint density at radius 2 is 2.38 bits per heavy atom. The van der Waals surface area contributed by atoms with Crippen LogP contribution in [0.3, 0.4) is 0 Å². The van der Waals surface area contributed by atoms with Gasteiger partial charge in [0.25, 0.3) is 0 Å². The second-order valence-electron chi connectivity index (χ2n) is 2.90. The maximum Gasteiger partial charge on any atom is 0.211 e. The van der Waals surface area contributed by atoms with Crippen LogP contribution in [-0.2, 0) is 0 Å². The Hall–Kier alpha value is -1.20.